The molecule has 5 nitrogen and oxygen atoms in total. The van der Waals surface area contributed by atoms with Crippen molar-refractivity contribution in [3.63, 3.8) is 0 Å². The van der Waals surface area contributed by atoms with E-state index in [1.165, 1.54) is 11.1 Å². The van der Waals surface area contributed by atoms with Crippen LogP contribution in [0, 0.1) is 0 Å². The third-order valence-corrected chi connectivity index (χ3v) is 8.92. The first-order valence-electron chi connectivity index (χ1n) is 13.7. The second-order valence-electron chi connectivity index (χ2n) is 11.2. The third kappa shape index (κ3) is 6.41. The summed E-state index contributed by atoms with van der Waals surface area (Å²) in [4.78, 5) is 0.457. The van der Waals surface area contributed by atoms with Crippen LogP contribution in [0.15, 0.2) is 65.6 Å². The predicted octanol–water partition coefficient (Wildman–Crippen LogP) is 7.48. The van der Waals surface area contributed by atoms with Gasteiger partial charge in [-0.25, -0.2) is 13.1 Å². The molecule has 0 saturated heterocycles. The van der Waals surface area contributed by atoms with Gasteiger partial charge >= 0.3 is 0 Å². The summed E-state index contributed by atoms with van der Waals surface area (Å²) in [7, 11) is -3.70. The predicted molar refractivity (Wildman–Crippen MR) is 154 cm³/mol. The highest BCUT2D eigenvalue weighted by Crippen LogP contribution is 2.36. The Kier molecular flexibility index (Phi) is 8.84. The van der Waals surface area contributed by atoms with Crippen LogP contribution in [0.25, 0.3) is 0 Å². The number of sulfonamides is 1. The van der Waals surface area contributed by atoms with Gasteiger partial charge in [0, 0.05) is 6.54 Å². The van der Waals surface area contributed by atoms with Crippen molar-refractivity contribution in [2.75, 3.05) is 13.3 Å². The summed E-state index contributed by atoms with van der Waals surface area (Å²) in [5, 5.41) is 0. The minimum absolute atomic E-state index is 0.0980. The van der Waals surface area contributed by atoms with E-state index >= 15 is 0 Å². The van der Waals surface area contributed by atoms with Crippen molar-refractivity contribution in [3.05, 3.63) is 88.5 Å². The van der Waals surface area contributed by atoms with E-state index < -0.39 is 10.0 Å². The molecule has 0 unspecified atom stereocenters. The Morgan fingerprint density at radius 1 is 0.763 bits per heavy atom. The molecule has 4 rings (SSSR count). The van der Waals surface area contributed by atoms with Crippen molar-refractivity contribution in [2.24, 2.45) is 0 Å². The van der Waals surface area contributed by atoms with Gasteiger partial charge in [0.1, 0.15) is 0 Å². The minimum atomic E-state index is -3.70. The molecule has 0 radical (unpaired) electrons. The maximum atomic E-state index is 13.8. The van der Waals surface area contributed by atoms with Crippen molar-refractivity contribution >= 4 is 10.0 Å². The average molecular weight is 536 g/mol. The van der Waals surface area contributed by atoms with Crippen LogP contribution in [0.1, 0.15) is 99.5 Å². The monoisotopic (exact) mass is 535 g/mol. The molecule has 1 aliphatic heterocycles. The number of nitrogens with one attached hydrogen (secondary N) is 1. The van der Waals surface area contributed by atoms with Gasteiger partial charge in [0.05, 0.1) is 4.90 Å². The third-order valence-electron chi connectivity index (χ3n) is 7.32. The summed E-state index contributed by atoms with van der Waals surface area (Å²) in [5.74, 6) is 2.21. The molecule has 1 aliphatic rings. The van der Waals surface area contributed by atoms with Crippen LogP contribution in [-0.2, 0) is 16.4 Å². The summed E-state index contributed by atoms with van der Waals surface area (Å²) < 4.78 is 41.7. The van der Waals surface area contributed by atoms with Gasteiger partial charge in [0.2, 0.25) is 16.8 Å². The lowest BCUT2D eigenvalue weighted by Gasteiger charge is -2.23. The highest BCUT2D eigenvalue weighted by molar-refractivity contribution is 7.89. The molecule has 6 heteroatoms. The summed E-state index contributed by atoms with van der Waals surface area (Å²) in [6.07, 6.45) is 1.45. The quantitative estimate of drug-likeness (QED) is 0.276. The van der Waals surface area contributed by atoms with E-state index in [0.29, 0.717) is 23.8 Å². The van der Waals surface area contributed by atoms with E-state index in [1.54, 1.807) is 0 Å². The number of benzene rings is 3. The Labute approximate surface area is 228 Å². The molecule has 3 aromatic carbocycles. The summed E-state index contributed by atoms with van der Waals surface area (Å²) in [6.45, 7) is 13.2. The topological polar surface area (TPSA) is 64.6 Å². The fraction of sp³-hybridized carbons (Fsp3) is 0.438. The molecule has 0 spiro atoms. The summed E-state index contributed by atoms with van der Waals surface area (Å²) in [5.41, 5.74) is 5.31. The fourth-order valence-electron chi connectivity index (χ4n) is 5.10. The lowest BCUT2D eigenvalue weighted by atomic mass is 9.89. The molecule has 0 aromatic heterocycles. The smallest absolute Gasteiger partial charge is 0.241 e. The SMILES string of the molecule is CC(C)c1cc(C(C)C)c(S(=O)(=O)NCC[C@H](Cc2ccc3c(c2)OCO3)c2ccccc2)c(C(C)C)c1. The second kappa shape index (κ2) is 11.9. The number of hydrogen-bond acceptors (Lipinski definition) is 4. The maximum Gasteiger partial charge on any atom is 0.241 e. The zero-order chi connectivity index (χ0) is 27.4. The Balaban J connectivity index is 1.58. The average Bonchev–Trinajstić information content (AvgIpc) is 3.35. The molecule has 0 aliphatic carbocycles. The Morgan fingerprint density at radius 3 is 2.00 bits per heavy atom. The van der Waals surface area contributed by atoms with Crippen molar-refractivity contribution in [3.8, 4) is 11.5 Å². The molecule has 0 saturated carbocycles. The molecule has 0 bridgehead atoms. The molecular weight excluding hydrogens is 494 g/mol. The van der Waals surface area contributed by atoms with E-state index in [0.717, 1.165) is 34.6 Å². The number of hydrogen-bond donors (Lipinski definition) is 1. The fourth-order valence-corrected chi connectivity index (χ4v) is 6.84. The van der Waals surface area contributed by atoms with E-state index in [9.17, 15) is 8.42 Å². The molecule has 0 fully saturated rings. The maximum absolute atomic E-state index is 13.8. The van der Waals surface area contributed by atoms with Crippen LogP contribution in [0.4, 0.5) is 0 Å². The van der Waals surface area contributed by atoms with Gasteiger partial charge in [0.15, 0.2) is 11.5 Å². The van der Waals surface area contributed by atoms with Crippen LogP contribution < -0.4 is 14.2 Å². The van der Waals surface area contributed by atoms with Crippen molar-refractivity contribution in [1.82, 2.24) is 4.72 Å². The largest absolute Gasteiger partial charge is 0.454 e. The van der Waals surface area contributed by atoms with Crippen molar-refractivity contribution in [1.29, 1.82) is 0 Å². The lowest BCUT2D eigenvalue weighted by Crippen LogP contribution is -2.29. The molecule has 1 N–H and O–H groups in total. The standard InChI is InChI=1S/C32H41NO4S/c1-21(2)27-18-28(22(3)4)32(29(19-27)23(5)6)38(34,35)33-15-14-26(25-10-8-7-9-11-25)16-24-12-13-30-31(17-24)37-20-36-30/h7-13,17-19,21-23,26,33H,14-16,20H2,1-6H3/t26-/m1/s1. The van der Waals surface area contributed by atoms with Crippen molar-refractivity contribution < 1.29 is 17.9 Å². The van der Waals surface area contributed by atoms with E-state index in [-0.39, 0.29) is 24.5 Å². The van der Waals surface area contributed by atoms with Crippen LogP contribution in [0.3, 0.4) is 0 Å². The second-order valence-corrected chi connectivity index (χ2v) is 12.9. The highest BCUT2D eigenvalue weighted by atomic mass is 32.2. The van der Waals surface area contributed by atoms with Gasteiger partial charge in [-0.05, 0) is 76.5 Å². The number of fused-ring (bicyclic) bond motifs is 1. The molecule has 204 valence electrons. The highest BCUT2D eigenvalue weighted by Gasteiger charge is 2.27. The number of rotatable bonds is 11. The van der Waals surface area contributed by atoms with E-state index in [1.807, 2.05) is 30.3 Å². The minimum Gasteiger partial charge on any atom is -0.454 e. The van der Waals surface area contributed by atoms with Gasteiger partial charge in [-0.15, -0.1) is 0 Å². The van der Waals surface area contributed by atoms with Crippen LogP contribution in [0.5, 0.6) is 11.5 Å². The number of ether oxygens (including phenoxy) is 2. The van der Waals surface area contributed by atoms with Gasteiger partial charge < -0.3 is 9.47 Å². The zero-order valence-corrected chi connectivity index (χ0v) is 24.3. The van der Waals surface area contributed by atoms with E-state index in [2.05, 4.69) is 76.6 Å². The van der Waals surface area contributed by atoms with Crippen LogP contribution >= 0.6 is 0 Å². The first-order valence-corrected chi connectivity index (χ1v) is 15.2. The zero-order valence-electron chi connectivity index (χ0n) is 23.5. The van der Waals surface area contributed by atoms with Gasteiger partial charge in [0.25, 0.3) is 0 Å². The van der Waals surface area contributed by atoms with E-state index in [4.69, 9.17) is 9.47 Å². The summed E-state index contributed by atoms with van der Waals surface area (Å²) >= 11 is 0. The van der Waals surface area contributed by atoms with Gasteiger partial charge in [-0.3, -0.25) is 0 Å². The van der Waals surface area contributed by atoms with Crippen LogP contribution in [0.2, 0.25) is 0 Å². The molecule has 38 heavy (non-hydrogen) atoms. The molecule has 1 heterocycles. The molecule has 0 amide bonds. The van der Waals surface area contributed by atoms with Crippen LogP contribution in [-0.4, -0.2) is 21.8 Å². The first kappa shape index (κ1) is 28.2. The normalized spacial score (nSPS) is 14.0. The molecular formula is C32H41NO4S. The van der Waals surface area contributed by atoms with Crippen molar-refractivity contribution in [2.45, 2.75) is 83.0 Å². The van der Waals surface area contributed by atoms with Gasteiger partial charge in [-0.2, -0.15) is 0 Å². The summed E-state index contributed by atoms with van der Waals surface area (Å²) in [6, 6.07) is 20.5. The molecule has 3 aromatic rings. The Hall–Kier alpha value is -2.83. The van der Waals surface area contributed by atoms with Gasteiger partial charge in [-0.1, -0.05) is 90.1 Å². The lowest BCUT2D eigenvalue weighted by molar-refractivity contribution is 0.174. The molecule has 1 atom stereocenters. The Bertz CT molecular complexity index is 1320. The Morgan fingerprint density at radius 2 is 1.39 bits per heavy atom. The first-order chi connectivity index (χ1) is 18.1.